The molecule has 1 aromatic carbocycles. The van der Waals surface area contributed by atoms with E-state index < -0.39 is 0 Å². The van der Waals surface area contributed by atoms with E-state index in [9.17, 15) is 9.59 Å². The number of hydrogen-bond donors (Lipinski definition) is 2. The molecule has 3 N–H and O–H groups in total. The quantitative estimate of drug-likeness (QED) is 0.661. The molecule has 0 aromatic heterocycles. The third-order valence-electron chi connectivity index (χ3n) is 4.93. The number of nitrogens with two attached hydrogens (primary N) is 1. The van der Waals surface area contributed by atoms with E-state index >= 15 is 0 Å². The predicted octanol–water partition coefficient (Wildman–Crippen LogP) is 2.24. The van der Waals surface area contributed by atoms with Crippen LogP contribution in [0.15, 0.2) is 24.3 Å². The van der Waals surface area contributed by atoms with Crippen LogP contribution in [0, 0.1) is 5.92 Å². The molecule has 2 unspecified atom stereocenters. The van der Waals surface area contributed by atoms with Gasteiger partial charge in [0.1, 0.15) is 5.75 Å². The molecule has 6 nitrogen and oxygen atoms in total. The normalized spacial score (nSPS) is 20.1. The molecule has 2 atom stereocenters. The average molecular weight is 361 g/mol. The van der Waals surface area contributed by atoms with E-state index in [-0.39, 0.29) is 23.8 Å². The number of carbonyl (C=O) groups is 2. The molecule has 1 fully saturated rings. The van der Waals surface area contributed by atoms with Gasteiger partial charge < -0.3 is 20.7 Å². The fourth-order valence-electron chi connectivity index (χ4n) is 3.56. The van der Waals surface area contributed by atoms with Gasteiger partial charge in [-0.3, -0.25) is 9.59 Å². The van der Waals surface area contributed by atoms with Crippen LogP contribution < -0.4 is 15.8 Å². The van der Waals surface area contributed by atoms with Gasteiger partial charge in [0.05, 0.1) is 19.1 Å². The summed E-state index contributed by atoms with van der Waals surface area (Å²) in [6, 6.07) is 7.38. The number of amides is 2. The molecule has 1 saturated heterocycles. The van der Waals surface area contributed by atoms with Crippen molar-refractivity contribution in [3.63, 3.8) is 0 Å². The van der Waals surface area contributed by atoms with Crippen LogP contribution in [-0.2, 0) is 9.59 Å². The molecule has 0 aliphatic carbocycles. The van der Waals surface area contributed by atoms with Gasteiger partial charge in [-0.15, -0.1) is 0 Å². The Morgan fingerprint density at radius 1 is 1.35 bits per heavy atom. The van der Waals surface area contributed by atoms with E-state index in [4.69, 9.17) is 10.5 Å². The lowest BCUT2D eigenvalue weighted by molar-refractivity contribution is -0.143. The SMILES string of the molecule is CCCCN1C(=O)CCC(C(=O)NCCCN)C1c1ccccc1OC. The number of nitrogens with one attached hydrogen (secondary N) is 1. The maximum Gasteiger partial charge on any atom is 0.225 e. The Hall–Kier alpha value is -2.08. The van der Waals surface area contributed by atoms with Crippen molar-refractivity contribution in [2.75, 3.05) is 26.7 Å². The maximum absolute atomic E-state index is 12.9. The summed E-state index contributed by atoms with van der Waals surface area (Å²) in [5.41, 5.74) is 6.42. The standard InChI is InChI=1S/C20H31N3O3/c1-3-4-14-23-18(24)11-10-16(20(25)22-13-7-12-21)19(23)15-8-5-6-9-17(15)26-2/h5-6,8-9,16,19H,3-4,7,10-14,21H2,1-2H3,(H,22,25). The predicted molar refractivity (Wildman–Crippen MR) is 102 cm³/mol. The van der Waals surface area contributed by atoms with Gasteiger partial charge >= 0.3 is 0 Å². The lowest BCUT2D eigenvalue weighted by Gasteiger charge is -2.41. The van der Waals surface area contributed by atoms with Crippen molar-refractivity contribution in [1.82, 2.24) is 10.2 Å². The summed E-state index contributed by atoms with van der Waals surface area (Å²) >= 11 is 0. The number of methoxy groups -OCH3 is 1. The molecule has 0 spiro atoms. The maximum atomic E-state index is 12.9. The first-order valence-corrected chi connectivity index (χ1v) is 9.54. The van der Waals surface area contributed by atoms with Gasteiger partial charge in [-0.1, -0.05) is 31.5 Å². The lowest BCUT2D eigenvalue weighted by Crippen LogP contribution is -2.48. The molecule has 0 bridgehead atoms. The van der Waals surface area contributed by atoms with Crippen LogP contribution in [-0.4, -0.2) is 43.5 Å². The number of piperidine rings is 1. The number of ether oxygens (including phenoxy) is 1. The van der Waals surface area contributed by atoms with Crippen LogP contribution in [0.25, 0.3) is 0 Å². The number of carbonyl (C=O) groups excluding carboxylic acids is 2. The van der Waals surface area contributed by atoms with E-state index in [0.717, 1.165) is 24.8 Å². The average Bonchev–Trinajstić information content (AvgIpc) is 2.66. The second-order valence-electron chi connectivity index (χ2n) is 6.71. The molecule has 6 heteroatoms. The minimum absolute atomic E-state index is 0.0108. The molecular weight excluding hydrogens is 330 g/mol. The molecule has 0 saturated carbocycles. The molecule has 1 aliphatic rings. The van der Waals surface area contributed by atoms with Crippen molar-refractivity contribution in [2.45, 2.75) is 45.1 Å². The third-order valence-corrected chi connectivity index (χ3v) is 4.93. The van der Waals surface area contributed by atoms with Crippen LogP contribution >= 0.6 is 0 Å². The van der Waals surface area contributed by atoms with Crippen molar-refractivity contribution in [3.05, 3.63) is 29.8 Å². The Kier molecular flexibility index (Phi) is 7.91. The van der Waals surface area contributed by atoms with E-state index in [1.54, 1.807) is 7.11 Å². The Morgan fingerprint density at radius 2 is 2.12 bits per heavy atom. The Bertz CT molecular complexity index is 606. The van der Waals surface area contributed by atoms with Gasteiger partial charge in [0.25, 0.3) is 0 Å². The second-order valence-corrected chi connectivity index (χ2v) is 6.71. The van der Waals surface area contributed by atoms with Crippen LogP contribution in [0.4, 0.5) is 0 Å². The number of hydrogen-bond acceptors (Lipinski definition) is 4. The van der Waals surface area contributed by atoms with Gasteiger partial charge in [0.2, 0.25) is 11.8 Å². The fourth-order valence-corrected chi connectivity index (χ4v) is 3.56. The molecule has 1 aromatic rings. The first-order valence-electron chi connectivity index (χ1n) is 9.54. The van der Waals surface area contributed by atoms with E-state index in [2.05, 4.69) is 12.2 Å². The summed E-state index contributed by atoms with van der Waals surface area (Å²) in [7, 11) is 1.62. The highest BCUT2D eigenvalue weighted by Gasteiger charge is 2.41. The molecular formula is C20H31N3O3. The summed E-state index contributed by atoms with van der Waals surface area (Å²) in [4.78, 5) is 27.4. The molecule has 2 amide bonds. The number of benzene rings is 1. The number of likely N-dealkylation sites (tertiary alicyclic amines) is 1. The zero-order chi connectivity index (χ0) is 18.9. The third kappa shape index (κ3) is 4.75. The second kappa shape index (κ2) is 10.2. The molecule has 1 heterocycles. The van der Waals surface area contributed by atoms with Crippen molar-refractivity contribution >= 4 is 11.8 Å². The first-order chi connectivity index (χ1) is 12.6. The van der Waals surface area contributed by atoms with Gasteiger partial charge in [0.15, 0.2) is 0 Å². The zero-order valence-electron chi connectivity index (χ0n) is 15.9. The van der Waals surface area contributed by atoms with Crippen LogP contribution in [0.3, 0.4) is 0 Å². The number of nitrogens with zero attached hydrogens (tertiary/aromatic N) is 1. The van der Waals surface area contributed by atoms with Gasteiger partial charge in [0, 0.05) is 25.1 Å². The highest BCUT2D eigenvalue weighted by molar-refractivity contribution is 5.85. The number of unbranched alkanes of at least 4 members (excludes halogenated alkanes) is 1. The minimum atomic E-state index is -0.295. The van der Waals surface area contributed by atoms with Crippen molar-refractivity contribution in [2.24, 2.45) is 11.7 Å². The number of rotatable bonds is 9. The Labute approximate surface area is 156 Å². The smallest absolute Gasteiger partial charge is 0.225 e. The minimum Gasteiger partial charge on any atom is -0.496 e. The largest absolute Gasteiger partial charge is 0.496 e. The van der Waals surface area contributed by atoms with E-state index in [0.29, 0.717) is 38.2 Å². The topological polar surface area (TPSA) is 84.7 Å². The van der Waals surface area contributed by atoms with Crippen molar-refractivity contribution in [3.8, 4) is 5.75 Å². The monoisotopic (exact) mass is 361 g/mol. The van der Waals surface area contributed by atoms with Crippen molar-refractivity contribution in [1.29, 1.82) is 0 Å². The zero-order valence-corrected chi connectivity index (χ0v) is 15.9. The van der Waals surface area contributed by atoms with Crippen LogP contribution in [0.1, 0.15) is 50.6 Å². The molecule has 0 radical (unpaired) electrons. The number of para-hydroxylation sites is 1. The molecule has 2 rings (SSSR count). The lowest BCUT2D eigenvalue weighted by atomic mass is 9.83. The Morgan fingerprint density at radius 3 is 2.81 bits per heavy atom. The summed E-state index contributed by atoms with van der Waals surface area (Å²) < 4.78 is 5.53. The van der Waals surface area contributed by atoms with Crippen LogP contribution in [0.5, 0.6) is 5.75 Å². The summed E-state index contributed by atoms with van der Waals surface area (Å²) in [6.45, 7) is 3.86. The summed E-state index contributed by atoms with van der Waals surface area (Å²) in [6.07, 6.45) is 3.62. The summed E-state index contributed by atoms with van der Waals surface area (Å²) in [5.74, 6) is 0.538. The fraction of sp³-hybridized carbons (Fsp3) is 0.600. The van der Waals surface area contributed by atoms with Gasteiger partial charge in [-0.2, -0.15) is 0 Å². The molecule has 1 aliphatic heterocycles. The van der Waals surface area contributed by atoms with E-state index in [1.807, 2.05) is 29.2 Å². The van der Waals surface area contributed by atoms with Gasteiger partial charge in [-0.25, -0.2) is 0 Å². The van der Waals surface area contributed by atoms with Gasteiger partial charge in [-0.05, 0) is 31.9 Å². The van der Waals surface area contributed by atoms with Crippen molar-refractivity contribution < 1.29 is 14.3 Å². The molecule has 144 valence electrons. The molecule has 26 heavy (non-hydrogen) atoms. The Balaban J connectivity index is 2.35. The highest BCUT2D eigenvalue weighted by Crippen LogP contribution is 2.40. The first kappa shape index (κ1) is 20.2. The highest BCUT2D eigenvalue weighted by atomic mass is 16.5. The summed E-state index contributed by atoms with van der Waals surface area (Å²) in [5, 5.41) is 2.98. The van der Waals surface area contributed by atoms with Crippen LogP contribution in [0.2, 0.25) is 0 Å². The van der Waals surface area contributed by atoms with E-state index in [1.165, 1.54) is 0 Å².